The molecule has 5 rings (SSSR count). The first-order valence-electron chi connectivity index (χ1n) is 11.7. The molecule has 4 aromatic rings. The van der Waals surface area contributed by atoms with Gasteiger partial charge in [-0.15, -0.1) is 0 Å². The Balaban J connectivity index is 1.42. The summed E-state index contributed by atoms with van der Waals surface area (Å²) in [5.41, 5.74) is 4.13. The van der Waals surface area contributed by atoms with Crippen molar-refractivity contribution in [2.75, 3.05) is 6.61 Å². The van der Waals surface area contributed by atoms with Crippen LogP contribution < -0.4 is 4.74 Å². The Morgan fingerprint density at radius 2 is 1.62 bits per heavy atom. The van der Waals surface area contributed by atoms with Crippen molar-refractivity contribution in [1.82, 2.24) is 4.98 Å². The molecular formula is C29H27NO4. The van der Waals surface area contributed by atoms with E-state index in [1.165, 1.54) is 5.56 Å². The summed E-state index contributed by atoms with van der Waals surface area (Å²) in [4.78, 5) is 15.9. The van der Waals surface area contributed by atoms with Gasteiger partial charge in [-0.05, 0) is 42.9 Å². The number of aliphatic carboxylic acids is 1. The van der Waals surface area contributed by atoms with Crippen LogP contribution >= 0.6 is 0 Å². The van der Waals surface area contributed by atoms with E-state index in [2.05, 4.69) is 30.3 Å². The maximum absolute atomic E-state index is 10.9. The van der Waals surface area contributed by atoms with Gasteiger partial charge in [0, 0.05) is 17.0 Å². The van der Waals surface area contributed by atoms with Crippen molar-refractivity contribution < 1.29 is 19.1 Å². The zero-order valence-electron chi connectivity index (χ0n) is 18.9. The highest BCUT2D eigenvalue weighted by atomic mass is 16.5. The van der Waals surface area contributed by atoms with Gasteiger partial charge in [0.05, 0.1) is 0 Å². The van der Waals surface area contributed by atoms with E-state index in [9.17, 15) is 4.79 Å². The summed E-state index contributed by atoms with van der Waals surface area (Å²) < 4.78 is 11.9. The number of carbonyl (C=O) groups is 1. The van der Waals surface area contributed by atoms with Gasteiger partial charge in [-0.1, -0.05) is 79.2 Å². The number of ether oxygens (including phenoxy) is 1. The number of nitrogens with zero attached hydrogens (tertiary/aromatic N) is 1. The van der Waals surface area contributed by atoms with Crippen LogP contribution in [0.25, 0.3) is 22.6 Å². The SMILES string of the molecule is O=C(O)COc1cccc(C2CCCC(c3nc(-c4ccccc4)c(-c4ccccc4)o3)C2)c1. The maximum atomic E-state index is 10.9. The van der Waals surface area contributed by atoms with Crippen LogP contribution in [-0.4, -0.2) is 22.7 Å². The van der Waals surface area contributed by atoms with E-state index in [0.717, 1.165) is 54.2 Å². The minimum absolute atomic E-state index is 0.224. The molecule has 1 heterocycles. The Morgan fingerprint density at radius 1 is 0.912 bits per heavy atom. The molecule has 34 heavy (non-hydrogen) atoms. The van der Waals surface area contributed by atoms with Crippen molar-refractivity contribution in [3.8, 4) is 28.3 Å². The Labute approximate surface area is 199 Å². The van der Waals surface area contributed by atoms with Crippen molar-refractivity contribution in [1.29, 1.82) is 0 Å². The molecule has 1 fully saturated rings. The van der Waals surface area contributed by atoms with E-state index < -0.39 is 5.97 Å². The Morgan fingerprint density at radius 3 is 2.35 bits per heavy atom. The van der Waals surface area contributed by atoms with Gasteiger partial charge in [0.1, 0.15) is 11.4 Å². The van der Waals surface area contributed by atoms with Gasteiger partial charge < -0.3 is 14.3 Å². The van der Waals surface area contributed by atoms with Crippen molar-refractivity contribution in [2.24, 2.45) is 0 Å². The standard InChI is InChI=1S/C29H27NO4/c31-26(32)19-33-25-16-8-14-23(18-25)22-13-7-15-24(17-22)29-30-27(20-9-3-1-4-10-20)28(34-29)21-11-5-2-6-12-21/h1-6,8-12,14,16,18,22,24H,7,13,15,17,19H2,(H,31,32). The quantitative estimate of drug-likeness (QED) is 0.329. The van der Waals surface area contributed by atoms with Crippen LogP contribution in [-0.2, 0) is 4.79 Å². The molecule has 1 aliphatic rings. The molecule has 0 amide bonds. The molecule has 0 spiro atoms. The summed E-state index contributed by atoms with van der Waals surface area (Å²) in [5.74, 6) is 1.79. The fourth-order valence-corrected chi connectivity index (χ4v) is 4.81. The summed E-state index contributed by atoms with van der Waals surface area (Å²) >= 11 is 0. The average Bonchev–Trinajstić information content (AvgIpc) is 3.35. The van der Waals surface area contributed by atoms with Gasteiger partial charge in [0.25, 0.3) is 0 Å². The molecule has 1 saturated carbocycles. The zero-order chi connectivity index (χ0) is 23.3. The Bertz CT molecular complexity index is 1190. The number of rotatable bonds is 7. The van der Waals surface area contributed by atoms with Gasteiger partial charge in [-0.2, -0.15) is 0 Å². The molecule has 2 unspecified atom stereocenters. The van der Waals surface area contributed by atoms with E-state index in [1.54, 1.807) is 6.07 Å². The predicted octanol–water partition coefficient (Wildman–Crippen LogP) is 6.91. The molecule has 1 aromatic heterocycles. The molecule has 0 radical (unpaired) electrons. The van der Waals surface area contributed by atoms with Gasteiger partial charge in [-0.25, -0.2) is 9.78 Å². The lowest BCUT2D eigenvalue weighted by Crippen LogP contribution is -2.14. The smallest absolute Gasteiger partial charge is 0.341 e. The van der Waals surface area contributed by atoms with Crippen LogP contribution in [0.4, 0.5) is 0 Å². The highest BCUT2D eigenvalue weighted by Crippen LogP contribution is 2.44. The maximum Gasteiger partial charge on any atom is 0.341 e. The van der Waals surface area contributed by atoms with E-state index in [0.29, 0.717) is 11.7 Å². The number of aromatic nitrogens is 1. The first-order valence-corrected chi connectivity index (χ1v) is 11.7. The van der Waals surface area contributed by atoms with Gasteiger partial charge in [0.15, 0.2) is 18.3 Å². The first kappa shape index (κ1) is 22.0. The number of hydrogen-bond acceptors (Lipinski definition) is 4. The Hall–Kier alpha value is -3.86. The van der Waals surface area contributed by atoms with Crippen molar-refractivity contribution in [3.63, 3.8) is 0 Å². The molecule has 5 nitrogen and oxygen atoms in total. The molecular weight excluding hydrogens is 426 g/mol. The van der Waals surface area contributed by atoms with E-state index >= 15 is 0 Å². The Kier molecular flexibility index (Phi) is 6.43. The number of oxazole rings is 1. The molecule has 0 saturated heterocycles. The number of hydrogen-bond donors (Lipinski definition) is 1. The lowest BCUT2D eigenvalue weighted by molar-refractivity contribution is -0.139. The van der Waals surface area contributed by atoms with E-state index in [4.69, 9.17) is 19.2 Å². The van der Waals surface area contributed by atoms with Crippen LogP contribution in [0.3, 0.4) is 0 Å². The fourth-order valence-electron chi connectivity index (χ4n) is 4.81. The fraction of sp³-hybridized carbons (Fsp3) is 0.241. The minimum atomic E-state index is -0.976. The molecule has 0 bridgehead atoms. The third-order valence-electron chi connectivity index (χ3n) is 6.44. The second kappa shape index (κ2) is 9.96. The molecule has 1 N–H and O–H groups in total. The third kappa shape index (κ3) is 4.88. The predicted molar refractivity (Wildman–Crippen MR) is 131 cm³/mol. The number of benzene rings is 3. The van der Waals surface area contributed by atoms with Crippen molar-refractivity contribution >= 4 is 5.97 Å². The lowest BCUT2D eigenvalue weighted by atomic mass is 9.78. The summed E-state index contributed by atoms with van der Waals surface area (Å²) in [7, 11) is 0. The summed E-state index contributed by atoms with van der Waals surface area (Å²) in [5, 5.41) is 8.90. The number of carboxylic acids is 1. The molecule has 0 aliphatic heterocycles. The molecule has 172 valence electrons. The highest BCUT2D eigenvalue weighted by Gasteiger charge is 2.29. The minimum Gasteiger partial charge on any atom is -0.482 e. The van der Waals surface area contributed by atoms with Crippen molar-refractivity contribution in [2.45, 2.75) is 37.5 Å². The van der Waals surface area contributed by atoms with Crippen LogP contribution in [0.2, 0.25) is 0 Å². The van der Waals surface area contributed by atoms with Crippen molar-refractivity contribution in [3.05, 3.63) is 96.4 Å². The third-order valence-corrected chi connectivity index (χ3v) is 6.44. The number of carboxylic acid groups (broad SMARTS) is 1. The van der Waals surface area contributed by atoms with Gasteiger partial charge >= 0.3 is 5.97 Å². The lowest BCUT2D eigenvalue weighted by Gasteiger charge is -2.28. The van der Waals surface area contributed by atoms with Crippen LogP contribution in [0, 0.1) is 0 Å². The summed E-state index contributed by atoms with van der Waals surface area (Å²) in [6.45, 7) is -0.336. The molecule has 2 atom stereocenters. The average molecular weight is 454 g/mol. The monoisotopic (exact) mass is 453 g/mol. The zero-order valence-corrected chi connectivity index (χ0v) is 18.9. The van der Waals surface area contributed by atoms with Gasteiger partial charge in [0.2, 0.25) is 0 Å². The molecule has 1 aliphatic carbocycles. The van der Waals surface area contributed by atoms with Crippen LogP contribution in [0.1, 0.15) is 49.0 Å². The normalized spacial score (nSPS) is 17.9. The molecule has 5 heteroatoms. The topological polar surface area (TPSA) is 72.6 Å². The largest absolute Gasteiger partial charge is 0.482 e. The van der Waals surface area contributed by atoms with Gasteiger partial charge in [-0.3, -0.25) is 0 Å². The summed E-state index contributed by atoms with van der Waals surface area (Å²) in [6.07, 6.45) is 4.13. The second-order valence-corrected chi connectivity index (χ2v) is 8.78. The van der Waals surface area contributed by atoms with Crippen LogP contribution in [0.5, 0.6) is 5.75 Å². The van der Waals surface area contributed by atoms with E-state index in [-0.39, 0.29) is 12.5 Å². The second-order valence-electron chi connectivity index (χ2n) is 8.78. The summed E-state index contributed by atoms with van der Waals surface area (Å²) in [6, 6.07) is 28.1. The van der Waals surface area contributed by atoms with E-state index in [1.807, 2.05) is 48.5 Å². The highest BCUT2D eigenvalue weighted by molar-refractivity contribution is 5.76. The van der Waals surface area contributed by atoms with Crippen LogP contribution in [0.15, 0.2) is 89.3 Å². The molecule has 3 aromatic carbocycles. The first-order chi connectivity index (χ1) is 16.7.